The van der Waals surface area contributed by atoms with Crippen LogP contribution in [-0.4, -0.2) is 9.97 Å². The molecular weight excluding hydrogens is 368 g/mol. The highest BCUT2D eigenvalue weighted by Gasteiger charge is 2.12. The third-order valence-electron chi connectivity index (χ3n) is 4.82. The number of nitrogens with one attached hydrogen (secondary N) is 1. The molecule has 0 saturated heterocycles. The molecule has 3 nitrogen and oxygen atoms in total. The Morgan fingerprint density at radius 1 is 0.897 bits per heavy atom. The molecule has 29 heavy (non-hydrogen) atoms. The fraction of sp³-hybridized carbons (Fsp3) is 0.167. The van der Waals surface area contributed by atoms with Gasteiger partial charge in [-0.15, -0.1) is 0 Å². The molecule has 4 aromatic rings. The highest BCUT2D eigenvalue weighted by atomic mass is 19.1. The summed E-state index contributed by atoms with van der Waals surface area (Å²) in [7, 11) is 0. The summed E-state index contributed by atoms with van der Waals surface area (Å²) in [6.45, 7) is 2.18. The zero-order valence-electron chi connectivity index (χ0n) is 16.1. The molecule has 1 aromatic heterocycles. The Kier molecular flexibility index (Phi) is 5.47. The molecule has 1 N–H and O–H groups in total. The van der Waals surface area contributed by atoms with Crippen LogP contribution in [0.15, 0.2) is 66.7 Å². The lowest BCUT2D eigenvalue weighted by Crippen LogP contribution is -2.01. The molecular formula is C24H21F2N3. The summed E-state index contributed by atoms with van der Waals surface area (Å²) in [6, 6.07) is 19.2. The Balaban J connectivity index is 1.74. The first-order chi connectivity index (χ1) is 14.1. The Labute approximate surface area is 168 Å². The molecule has 0 atom stereocenters. The minimum atomic E-state index is -0.672. The molecule has 0 radical (unpaired) electrons. The number of anilines is 2. The third-order valence-corrected chi connectivity index (χ3v) is 4.82. The monoisotopic (exact) mass is 389 g/mol. The molecule has 4 rings (SSSR count). The molecule has 0 aliphatic rings. The van der Waals surface area contributed by atoms with Gasteiger partial charge in [0, 0.05) is 17.0 Å². The Morgan fingerprint density at radius 3 is 2.45 bits per heavy atom. The summed E-state index contributed by atoms with van der Waals surface area (Å²) >= 11 is 0. The largest absolute Gasteiger partial charge is 0.337 e. The fourth-order valence-electron chi connectivity index (χ4n) is 3.22. The van der Waals surface area contributed by atoms with Crippen LogP contribution < -0.4 is 5.32 Å². The zero-order chi connectivity index (χ0) is 20.2. The van der Waals surface area contributed by atoms with Gasteiger partial charge in [-0.1, -0.05) is 49.7 Å². The van der Waals surface area contributed by atoms with Crippen molar-refractivity contribution in [2.75, 3.05) is 5.32 Å². The number of para-hydroxylation sites is 1. The van der Waals surface area contributed by atoms with Crippen LogP contribution in [0.25, 0.3) is 22.3 Å². The van der Waals surface area contributed by atoms with Gasteiger partial charge in [-0.25, -0.2) is 18.7 Å². The first-order valence-electron chi connectivity index (χ1n) is 9.72. The number of hydrogen-bond donors (Lipinski definition) is 1. The van der Waals surface area contributed by atoms with Crippen molar-refractivity contribution in [3.8, 4) is 11.4 Å². The Hall–Kier alpha value is -3.34. The Morgan fingerprint density at radius 2 is 1.69 bits per heavy atom. The lowest BCUT2D eigenvalue weighted by molar-refractivity contribution is 0.586. The predicted molar refractivity (Wildman–Crippen MR) is 113 cm³/mol. The van der Waals surface area contributed by atoms with E-state index < -0.39 is 11.6 Å². The second-order valence-corrected chi connectivity index (χ2v) is 6.96. The van der Waals surface area contributed by atoms with Crippen LogP contribution in [0.1, 0.15) is 25.3 Å². The van der Waals surface area contributed by atoms with Gasteiger partial charge in [-0.3, -0.25) is 0 Å². The van der Waals surface area contributed by atoms with Crippen LogP contribution in [0, 0.1) is 11.6 Å². The first kappa shape index (κ1) is 19.0. The normalized spacial score (nSPS) is 11.0. The highest BCUT2D eigenvalue weighted by Crippen LogP contribution is 2.28. The van der Waals surface area contributed by atoms with Crippen LogP contribution in [0.2, 0.25) is 0 Å². The number of nitrogens with zero attached hydrogens (tertiary/aromatic N) is 2. The Bertz CT molecular complexity index is 1140. The maximum Gasteiger partial charge on any atom is 0.162 e. The van der Waals surface area contributed by atoms with Gasteiger partial charge in [0.2, 0.25) is 0 Å². The van der Waals surface area contributed by atoms with E-state index in [4.69, 9.17) is 0 Å². The van der Waals surface area contributed by atoms with Crippen molar-refractivity contribution in [2.24, 2.45) is 0 Å². The predicted octanol–water partition coefficient (Wildman–Crippen LogP) is 6.66. The molecule has 1 heterocycles. The standard InChI is InChI=1S/C24H21F2N3/c1-2-3-6-16-9-11-17(12-10-16)23-27-21-8-5-4-7-19(21)24(29-23)28-22-14-13-18(25)15-20(22)26/h4-5,7-15H,2-3,6H2,1H3,(H,27,28,29). The summed E-state index contributed by atoms with van der Waals surface area (Å²) in [5, 5.41) is 3.76. The molecule has 0 aliphatic heterocycles. The fourth-order valence-corrected chi connectivity index (χ4v) is 3.22. The molecule has 5 heteroatoms. The van der Waals surface area contributed by atoms with Crippen molar-refractivity contribution in [2.45, 2.75) is 26.2 Å². The van der Waals surface area contributed by atoms with Gasteiger partial charge in [0.25, 0.3) is 0 Å². The molecule has 0 amide bonds. The van der Waals surface area contributed by atoms with Gasteiger partial charge < -0.3 is 5.32 Å². The van der Waals surface area contributed by atoms with Gasteiger partial charge >= 0.3 is 0 Å². The van der Waals surface area contributed by atoms with E-state index in [1.54, 1.807) is 0 Å². The number of unbranched alkanes of at least 4 members (excludes halogenated alkanes) is 1. The number of fused-ring (bicyclic) bond motifs is 1. The van der Waals surface area contributed by atoms with E-state index in [0.717, 1.165) is 41.8 Å². The molecule has 0 spiro atoms. The summed E-state index contributed by atoms with van der Waals surface area (Å²) in [6.07, 6.45) is 3.36. The number of halogens is 2. The smallest absolute Gasteiger partial charge is 0.162 e. The van der Waals surface area contributed by atoms with Gasteiger partial charge in [0.1, 0.15) is 17.5 Å². The van der Waals surface area contributed by atoms with Crippen LogP contribution in [-0.2, 0) is 6.42 Å². The third kappa shape index (κ3) is 4.24. The van der Waals surface area contributed by atoms with E-state index in [0.29, 0.717) is 11.6 Å². The lowest BCUT2D eigenvalue weighted by Gasteiger charge is -2.12. The summed E-state index contributed by atoms with van der Waals surface area (Å²) in [5.41, 5.74) is 3.08. The minimum absolute atomic E-state index is 0.163. The van der Waals surface area contributed by atoms with Crippen molar-refractivity contribution in [1.82, 2.24) is 9.97 Å². The highest BCUT2D eigenvalue weighted by molar-refractivity contribution is 5.92. The van der Waals surface area contributed by atoms with Crippen LogP contribution in [0.3, 0.4) is 0 Å². The molecule has 0 aliphatic carbocycles. The van der Waals surface area contributed by atoms with Gasteiger partial charge in [0.15, 0.2) is 5.82 Å². The number of hydrogen-bond acceptors (Lipinski definition) is 3. The number of aryl methyl sites for hydroxylation is 1. The van der Waals surface area contributed by atoms with E-state index in [1.165, 1.54) is 17.7 Å². The summed E-state index contributed by atoms with van der Waals surface area (Å²) in [4.78, 5) is 9.31. The van der Waals surface area contributed by atoms with Crippen molar-refractivity contribution in [3.63, 3.8) is 0 Å². The van der Waals surface area contributed by atoms with Crippen molar-refractivity contribution in [3.05, 3.63) is 83.9 Å². The topological polar surface area (TPSA) is 37.8 Å². The minimum Gasteiger partial charge on any atom is -0.337 e. The van der Waals surface area contributed by atoms with Gasteiger partial charge in [-0.05, 0) is 42.7 Å². The molecule has 0 bridgehead atoms. The van der Waals surface area contributed by atoms with Crippen LogP contribution in [0.4, 0.5) is 20.3 Å². The summed E-state index contributed by atoms with van der Waals surface area (Å²) < 4.78 is 27.4. The van der Waals surface area contributed by atoms with Gasteiger partial charge in [-0.2, -0.15) is 0 Å². The second kappa shape index (κ2) is 8.35. The second-order valence-electron chi connectivity index (χ2n) is 6.96. The lowest BCUT2D eigenvalue weighted by atomic mass is 10.1. The van der Waals surface area contributed by atoms with E-state index in [-0.39, 0.29) is 5.69 Å². The summed E-state index contributed by atoms with van der Waals surface area (Å²) in [5.74, 6) is -0.263. The average Bonchev–Trinajstić information content (AvgIpc) is 2.74. The van der Waals surface area contributed by atoms with Crippen molar-refractivity contribution >= 4 is 22.4 Å². The zero-order valence-corrected chi connectivity index (χ0v) is 16.1. The van der Waals surface area contributed by atoms with Crippen molar-refractivity contribution < 1.29 is 8.78 Å². The van der Waals surface area contributed by atoms with E-state index in [2.05, 4.69) is 34.3 Å². The maximum absolute atomic E-state index is 14.2. The quantitative estimate of drug-likeness (QED) is 0.401. The van der Waals surface area contributed by atoms with Crippen molar-refractivity contribution in [1.29, 1.82) is 0 Å². The van der Waals surface area contributed by atoms with Crippen LogP contribution in [0.5, 0.6) is 0 Å². The molecule has 0 fully saturated rings. The number of rotatable bonds is 6. The van der Waals surface area contributed by atoms with E-state index >= 15 is 0 Å². The average molecular weight is 389 g/mol. The van der Waals surface area contributed by atoms with Gasteiger partial charge in [0.05, 0.1) is 11.2 Å². The molecule has 0 saturated carbocycles. The first-order valence-corrected chi connectivity index (χ1v) is 9.72. The van der Waals surface area contributed by atoms with E-state index in [1.807, 2.05) is 36.4 Å². The molecule has 0 unspecified atom stereocenters. The molecule has 3 aromatic carbocycles. The SMILES string of the molecule is CCCCc1ccc(-c2nc(Nc3ccc(F)cc3F)c3ccccc3n2)cc1. The number of benzene rings is 3. The molecule has 146 valence electrons. The maximum atomic E-state index is 14.2. The number of aromatic nitrogens is 2. The van der Waals surface area contributed by atoms with Crippen LogP contribution >= 0.6 is 0 Å². The van der Waals surface area contributed by atoms with E-state index in [9.17, 15) is 8.78 Å².